The second-order valence-electron chi connectivity index (χ2n) is 8.55. The van der Waals surface area contributed by atoms with Crippen LogP contribution in [0.25, 0.3) is 10.8 Å². The molecule has 0 spiro atoms. The van der Waals surface area contributed by atoms with Gasteiger partial charge >= 0.3 is 0 Å². The number of ketones is 2. The highest BCUT2D eigenvalue weighted by molar-refractivity contribution is 6.19. The number of carbonyl (C=O) groups excluding carboxylic acids is 2. The van der Waals surface area contributed by atoms with E-state index in [4.69, 9.17) is 11.5 Å². The van der Waals surface area contributed by atoms with Crippen molar-refractivity contribution in [2.75, 3.05) is 11.5 Å². The van der Waals surface area contributed by atoms with Crippen LogP contribution in [0.5, 0.6) is 0 Å². The molecule has 0 saturated heterocycles. The first-order chi connectivity index (χ1) is 13.6. The molecular formula is C24H30N2O2. The van der Waals surface area contributed by atoms with Crippen LogP contribution >= 0.6 is 0 Å². The minimum atomic E-state index is -0.0209. The Hall–Kier alpha value is -2.36. The standard InChI is InChI=1S/C24H30N2O2/c25-20-13-7-12-17-18(20)14-19(23(27)15-8-3-1-4-9-15)21(22(17)26)24(28)16-10-5-2-6-11-16/h7,12-16H,1-6,8-11,25-26H2. The molecule has 148 valence electrons. The van der Waals surface area contributed by atoms with Gasteiger partial charge in [-0.3, -0.25) is 9.59 Å². The molecule has 0 atom stereocenters. The number of anilines is 2. The summed E-state index contributed by atoms with van der Waals surface area (Å²) in [6.07, 6.45) is 10.3. The fourth-order valence-electron chi connectivity index (χ4n) is 5.09. The summed E-state index contributed by atoms with van der Waals surface area (Å²) in [5, 5.41) is 1.55. The minimum Gasteiger partial charge on any atom is -0.398 e. The van der Waals surface area contributed by atoms with Crippen molar-refractivity contribution in [3.05, 3.63) is 35.4 Å². The summed E-state index contributed by atoms with van der Waals surface area (Å²) in [5.74, 6) is 0.109. The van der Waals surface area contributed by atoms with Gasteiger partial charge in [-0.05, 0) is 37.8 Å². The average Bonchev–Trinajstić information content (AvgIpc) is 2.74. The van der Waals surface area contributed by atoms with Gasteiger partial charge in [-0.1, -0.05) is 50.7 Å². The highest BCUT2D eigenvalue weighted by Crippen LogP contribution is 2.38. The summed E-state index contributed by atoms with van der Waals surface area (Å²) >= 11 is 0. The van der Waals surface area contributed by atoms with Crippen molar-refractivity contribution < 1.29 is 9.59 Å². The second kappa shape index (κ2) is 7.94. The molecule has 0 amide bonds. The van der Waals surface area contributed by atoms with Crippen LogP contribution in [0.1, 0.15) is 84.9 Å². The van der Waals surface area contributed by atoms with Crippen molar-refractivity contribution in [2.45, 2.75) is 64.2 Å². The molecule has 2 aliphatic rings. The van der Waals surface area contributed by atoms with E-state index < -0.39 is 0 Å². The lowest BCUT2D eigenvalue weighted by molar-refractivity contribution is 0.0855. The molecule has 4 nitrogen and oxygen atoms in total. The molecule has 2 aliphatic carbocycles. The van der Waals surface area contributed by atoms with Crippen molar-refractivity contribution in [1.29, 1.82) is 0 Å². The number of carbonyl (C=O) groups is 2. The van der Waals surface area contributed by atoms with Gasteiger partial charge < -0.3 is 11.5 Å². The van der Waals surface area contributed by atoms with Gasteiger partial charge in [0.2, 0.25) is 0 Å². The van der Waals surface area contributed by atoms with E-state index >= 15 is 0 Å². The Kier molecular flexibility index (Phi) is 5.38. The molecule has 28 heavy (non-hydrogen) atoms. The third-order valence-electron chi connectivity index (χ3n) is 6.72. The summed E-state index contributed by atoms with van der Waals surface area (Å²) in [4.78, 5) is 27.0. The summed E-state index contributed by atoms with van der Waals surface area (Å²) in [6.45, 7) is 0. The molecular weight excluding hydrogens is 348 g/mol. The molecule has 0 bridgehead atoms. The van der Waals surface area contributed by atoms with Crippen LogP contribution in [0.4, 0.5) is 11.4 Å². The van der Waals surface area contributed by atoms with Crippen molar-refractivity contribution in [3.8, 4) is 0 Å². The van der Waals surface area contributed by atoms with E-state index in [2.05, 4.69) is 0 Å². The highest BCUT2D eigenvalue weighted by Gasteiger charge is 2.32. The van der Waals surface area contributed by atoms with Crippen molar-refractivity contribution >= 4 is 33.7 Å². The maximum absolute atomic E-state index is 13.5. The zero-order valence-electron chi connectivity index (χ0n) is 16.5. The Bertz CT molecular complexity index is 906. The quantitative estimate of drug-likeness (QED) is 0.541. The molecule has 0 heterocycles. The molecule has 0 radical (unpaired) electrons. The molecule has 2 aromatic carbocycles. The zero-order chi connectivity index (χ0) is 19.7. The summed E-state index contributed by atoms with van der Waals surface area (Å²) in [6, 6.07) is 7.41. The maximum atomic E-state index is 13.5. The van der Waals surface area contributed by atoms with Crippen LogP contribution in [-0.2, 0) is 0 Å². The molecule has 0 unspecified atom stereocenters. The Morgan fingerprint density at radius 3 is 1.93 bits per heavy atom. The lowest BCUT2D eigenvalue weighted by Crippen LogP contribution is -2.25. The molecule has 0 aromatic heterocycles. The monoisotopic (exact) mass is 378 g/mol. The molecule has 4 heteroatoms. The number of nitrogen functional groups attached to an aromatic ring is 2. The lowest BCUT2D eigenvalue weighted by atomic mass is 9.78. The predicted molar refractivity (Wildman–Crippen MR) is 115 cm³/mol. The Balaban J connectivity index is 1.86. The van der Waals surface area contributed by atoms with Crippen LogP contribution < -0.4 is 11.5 Å². The van der Waals surface area contributed by atoms with Gasteiger partial charge in [0.1, 0.15) is 0 Å². The van der Waals surface area contributed by atoms with Crippen LogP contribution in [0.2, 0.25) is 0 Å². The van der Waals surface area contributed by atoms with Crippen LogP contribution in [-0.4, -0.2) is 11.6 Å². The Morgan fingerprint density at radius 2 is 1.32 bits per heavy atom. The van der Waals surface area contributed by atoms with Crippen LogP contribution in [0, 0.1) is 11.8 Å². The van der Waals surface area contributed by atoms with E-state index in [1.165, 1.54) is 12.8 Å². The van der Waals surface area contributed by atoms with E-state index in [9.17, 15) is 9.59 Å². The minimum absolute atomic E-state index is 0.00607. The second-order valence-corrected chi connectivity index (χ2v) is 8.55. The molecule has 2 fully saturated rings. The summed E-state index contributed by atoms with van der Waals surface area (Å²) < 4.78 is 0. The van der Waals surface area contributed by atoms with Crippen LogP contribution in [0.15, 0.2) is 24.3 Å². The highest BCUT2D eigenvalue weighted by atomic mass is 16.1. The Morgan fingerprint density at radius 1 is 0.750 bits per heavy atom. The van der Waals surface area contributed by atoms with Crippen molar-refractivity contribution in [2.24, 2.45) is 11.8 Å². The zero-order valence-corrected chi connectivity index (χ0v) is 16.5. The first kappa shape index (κ1) is 19.0. The van der Waals surface area contributed by atoms with Gasteiger partial charge in [0.05, 0.1) is 11.3 Å². The number of fused-ring (bicyclic) bond motifs is 1. The van der Waals surface area contributed by atoms with E-state index in [0.29, 0.717) is 22.5 Å². The van der Waals surface area contributed by atoms with E-state index in [-0.39, 0.29) is 23.4 Å². The fourth-order valence-corrected chi connectivity index (χ4v) is 5.09. The number of hydrogen-bond donors (Lipinski definition) is 2. The molecule has 0 aliphatic heterocycles. The number of rotatable bonds is 4. The SMILES string of the molecule is Nc1cccc2c(N)c(C(=O)C3CCCCC3)c(C(=O)C3CCCCC3)cc12. The molecule has 4 rings (SSSR count). The summed E-state index contributed by atoms with van der Waals surface area (Å²) in [5.41, 5.74) is 14.7. The lowest BCUT2D eigenvalue weighted by Gasteiger charge is -2.25. The van der Waals surface area contributed by atoms with E-state index in [1.54, 1.807) is 0 Å². The predicted octanol–water partition coefficient (Wildman–Crippen LogP) is 5.53. The van der Waals surface area contributed by atoms with Gasteiger partial charge in [0.25, 0.3) is 0 Å². The third kappa shape index (κ3) is 3.41. The molecule has 2 aromatic rings. The smallest absolute Gasteiger partial charge is 0.168 e. The topological polar surface area (TPSA) is 86.2 Å². The normalized spacial score (nSPS) is 19.0. The van der Waals surface area contributed by atoms with Gasteiger partial charge in [-0.25, -0.2) is 0 Å². The van der Waals surface area contributed by atoms with Crippen molar-refractivity contribution in [3.63, 3.8) is 0 Å². The summed E-state index contributed by atoms with van der Waals surface area (Å²) in [7, 11) is 0. The first-order valence-electron chi connectivity index (χ1n) is 10.8. The van der Waals surface area contributed by atoms with Crippen molar-refractivity contribution in [1.82, 2.24) is 0 Å². The Labute approximate surface area is 166 Å². The third-order valence-corrected chi connectivity index (χ3v) is 6.72. The van der Waals surface area contributed by atoms with Gasteiger partial charge in [-0.15, -0.1) is 0 Å². The maximum Gasteiger partial charge on any atom is 0.168 e. The van der Waals surface area contributed by atoms with E-state index in [1.807, 2.05) is 24.3 Å². The first-order valence-corrected chi connectivity index (χ1v) is 10.8. The molecule has 4 N–H and O–H groups in total. The largest absolute Gasteiger partial charge is 0.398 e. The van der Waals surface area contributed by atoms with Gasteiger partial charge in [-0.2, -0.15) is 0 Å². The van der Waals surface area contributed by atoms with Gasteiger partial charge in [0.15, 0.2) is 11.6 Å². The number of nitrogens with two attached hydrogens (primary N) is 2. The molecule has 2 saturated carbocycles. The fraction of sp³-hybridized carbons (Fsp3) is 0.500. The average molecular weight is 379 g/mol. The van der Waals surface area contributed by atoms with E-state index in [0.717, 1.165) is 62.1 Å². The van der Waals surface area contributed by atoms with Gasteiger partial charge in [0, 0.05) is 33.9 Å². The number of Topliss-reactive ketones (excluding diaryl/α,β-unsaturated/α-hetero) is 2. The van der Waals surface area contributed by atoms with Crippen LogP contribution in [0.3, 0.4) is 0 Å². The number of benzene rings is 2. The number of hydrogen-bond acceptors (Lipinski definition) is 4.